The number of hydrogen-bond acceptors (Lipinski definition) is 3. The number of carboxylic acids is 1. The van der Waals surface area contributed by atoms with Crippen molar-refractivity contribution in [3.8, 4) is 0 Å². The first-order chi connectivity index (χ1) is 9.47. The number of hydrogen-bond donors (Lipinski definition) is 1. The van der Waals surface area contributed by atoms with E-state index in [2.05, 4.69) is 4.98 Å². The summed E-state index contributed by atoms with van der Waals surface area (Å²) < 4.78 is 13.1. The summed E-state index contributed by atoms with van der Waals surface area (Å²) in [6.45, 7) is 0.414. The van der Waals surface area contributed by atoms with Crippen LogP contribution in [-0.4, -0.2) is 23.1 Å². The van der Waals surface area contributed by atoms with Crippen molar-refractivity contribution in [2.75, 3.05) is 11.9 Å². The monoisotopic (exact) mass is 294 g/mol. The number of carboxylic acid groups (broad SMARTS) is 1. The molecule has 2 aromatic rings. The highest BCUT2D eigenvalue weighted by atomic mass is 35.5. The Hall–Kier alpha value is -2.14. The molecule has 1 aromatic carbocycles. The van der Waals surface area contributed by atoms with Crippen molar-refractivity contribution in [2.24, 2.45) is 0 Å². The summed E-state index contributed by atoms with van der Waals surface area (Å²) in [6.07, 6.45) is 1.24. The number of benzene rings is 1. The molecule has 0 bridgehead atoms. The van der Waals surface area contributed by atoms with Crippen LogP contribution >= 0.6 is 11.6 Å². The van der Waals surface area contributed by atoms with Crippen LogP contribution in [0.15, 0.2) is 36.5 Å². The third kappa shape index (κ3) is 3.24. The highest BCUT2D eigenvalue weighted by molar-refractivity contribution is 6.33. The molecule has 0 spiro atoms. The van der Waals surface area contributed by atoms with E-state index in [0.717, 1.165) is 5.56 Å². The summed E-state index contributed by atoms with van der Waals surface area (Å²) in [5.74, 6) is -0.948. The zero-order chi connectivity index (χ0) is 14.7. The molecule has 0 fully saturated rings. The molecule has 0 aliphatic rings. The molecule has 1 N–H and O–H groups in total. The predicted molar refractivity (Wildman–Crippen MR) is 74.7 cm³/mol. The summed E-state index contributed by atoms with van der Waals surface area (Å²) in [6, 6.07) is 7.56. The van der Waals surface area contributed by atoms with Gasteiger partial charge in [-0.05, 0) is 23.8 Å². The van der Waals surface area contributed by atoms with Gasteiger partial charge < -0.3 is 10.0 Å². The third-order valence-corrected chi connectivity index (χ3v) is 3.02. The maximum Gasteiger partial charge on any atom is 0.337 e. The Bertz CT molecular complexity index is 649. The smallest absolute Gasteiger partial charge is 0.337 e. The molecule has 0 atom stereocenters. The van der Waals surface area contributed by atoms with E-state index < -0.39 is 5.97 Å². The highest BCUT2D eigenvalue weighted by Gasteiger charge is 2.12. The largest absolute Gasteiger partial charge is 0.478 e. The van der Waals surface area contributed by atoms with E-state index in [4.69, 9.17) is 16.7 Å². The lowest BCUT2D eigenvalue weighted by molar-refractivity contribution is 0.0696. The number of carbonyl (C=O) groups is 1. The van der Waals surface area contributed by atoms with Crippen LogP contribution in [0.2, 0.25) is 5.02 Å². The molecule has 4 nitrogen and oxygen atoms in total. The Morgan fingerprint density at radius 1 is 1.45 bits per heavy atom. The lowest BCUT2D eigenvalue weighted by atomic mass is 10.2. The van der Waals surface area contributed by atoms with Gasteiger partial charge in [0.25, 0.3) is 0 Å². The van der Waals surface area contributed by atoms with E-state index in [-0.39, 0.29) is 16.4 Å². The van der Waals surface area contributed by atoms with Crippen LogP contribution < -0.4 is 4.90 Å². The Morgan fingerprint density at radius 2 is 2.20 bits per heavy atom. The number of rotatable bonds is 4. The van der Waals surface area contributed by atoms with Crippen LogP contribution in [0.25, 0.3) is 0 Å². The van der Waals surface area contributed by atoms with Gasteiger partial charge in [-0.2, -0.15) is 0 Å². The fourth-order valence-electron chi connectivity index (χ4n) is 1.81. The number of anilines is 1. The number of halogens is 2. The van der Waals surface area contributed by atoms with E-state index in [9.17, 15) is 9.18 Å². The minimum atomic E-state index is -1.08. The molecule has 0 radical (unpaired) electrons. The summed E-state index contributed by atoms with van der Waals surface area (Å²) in [5, 5.41) is 9.09. The van der Waals surface area contributed by atoms with Crippen molar-refractivity contribution in [1.29, 1.82) is 0 Å². The van der Waals surface area contributed by atoms with Crippen molar-refractivity contribution in [3.05, 3.63) is 58.5 Å². The summed E-state index contributed by atoms with van der Waals surface area (Å²) in [5.41, 5.74) is 0.797. The van der Waals surface area contributed by atoms with Gasteiger partial charge >= 0.3 is 5.97 Å². The normalized spacial score (nSPS) is 10.3. The van der Waals surface area contributed by atoms with Crippen LogP contribution in [0.4, 0.5) is 10.2 Å². The number of aromatic carboxylic acids is 1. The minimum absolute atomic E-state index is 0.0258. The summed E-state index contributed by atoms with van der Waals surface area (Å²) in [7, 11) is 1.75. The van der Waals surface area contributed by atoms with E-state index in [1.165, 1.54) is 24.4 Å². The van der Waals surface area contributed by atoms with Crippen molar-refractivity contribution in [1.82, 2.24) is 4.98 Å². The van der Waals surface area contributed by atoms with E-state index in [1.54, 1.807) is 24.1 Å². The van der Waals surface area contributed by atoms with Crippen molar-refractivity contribution in [2.45, 2.75) is 6.54 Å². The van der Waals surface area contributed by atoms with Crippen LogP contribution in [0, 0.1) is 5.82 Å². The van der Waals surface area contributed by atoms with Gasteiger partial charge in [-0.3, -0.25) is 0 Å². The number of aromatic nitrogens is 1. The first-order valence-corrected chi connectivity index (χ1v) is 6.19. The van der Waals surface area contributed by atoms with Crippen LogP contribution in [0.5, 0.6) is 0 Å². The van der Waals surface area contributed by atoms with Gasteiger partial charge in [-0.25, -0.2) is 14.2 Å². The van der Waals surface area contributed by atoms with Gasteiger partial charge in [0.1, 0.15) is 11.6 Å². The molecular formula is C14H12ClFN2O2. The Kier molecular flexibility index (Phi) is 4.20. The Labute approximate surface area is 120 Å². The second-order valence-electron chi connectivity index (χ2n) is 4.32. The average Bonchev–Trinajstić information content (AvgIpc) is 2.38. The molecule has 1 aromatic heterocycles. The van der Waals surface area contributed by atoms with Crippen molar-refractivity contribution >= 4 is 23.4 Å². The second kappa shape index (κ2) is 5.88. The van der Waals surface area contributed by atoms with Gasteiger partial charge in [0, 0.05) is 19.8 Å². The van der Waals surface area contributed by atoms with Gasteiger partial charge in [-0.1, -0.05) is 23.7 Å². The van der Waals surface area contributed by atoms with E-state index in [0.29, 0.717) is 12.4 Å². The number of pyridine rings is 1. The molecule has 0 saturated heterocycles. The van der Waals surface area contributed by atoms with Crippen molar-refractivity contribution in [3.63, 3.8) is 0 Å². The fourth-order valence-corrected chi connectivity index (χ4v) is 2.12. The maximum absolute atomic E-state index is 13.1. The van der Waals surface area contributed by atoms with Gasteiger partial charge in [0.05, 0.1) is 10.6 Å². The van der Waals surface area contributed by atoms with Gasteiger partial charge in [0.2, 0.25) is 0 Å². The molecule has 0 aliphatic heterocycles. The molecule has 0 saturated carbocycles. The molecule has 0 amide bonds. The van der Waals surface area contributed by atoms with Crippen LogP contribution in [-0.2, 0) is 6.54 Å². The predicted octanol–water partition coefficient (Wildman–Crippen LogP) is 3.21. The molecule has 2 rings (SSSR count). The Balaban J connectivity index is 2.21. The molecular weight excluding hydrogens is 283 g/mol. The first kappa shape index (κ1) is 14.3. The van der Waals surface area contributed by atoms with E-state index in [1.807, 2.05) is 0 Å². The van der Waals surface area contributed by atoms with Crippen molar-refractivity contribution < 1.29 is 14.3 Å². The van der Waals surface area contributed by atoms with Crippen LogP contribution in [0.1, 0.15) is 15.9 Å². The lowest BCUT2D eigenvalue weighted by Gasteiger charge is -2.19. The first-order valence-electron chi connectivity index (χ1n) is 5.82. The lowest BCUT2D eigenvalue weighted by Crippen LogP contribution is -2.18. The standard InChI is InChI=1S/C14H12ClFN2O2/c1-18(8-9-3-2-4-11(16)5-9)13-12(15)6-10(7-17-13)14(19)20/h2-7H,8H2,1H3,(H,19,20). The van der Waals surface area contributed by atoms with Gasteiger partial charge in [0.15, 0.2) is 0 Å². The summed E-state index contributed by atoms with van der Waals surface area (Å²) >= 11 is 6.02. The molecule has 1 heterocycles. The zero-order valence-corrected chi connectivity index (χ0v) is 11.4. The Morgan fingerprint density at radius 3 is 2.80 bits per heavy atom. The minimum Gasteiger partial charge on any atom is -0.478 e. The molecule has 104 valence electrons. The molecule has 6 heteroatoms. The highest BCUT2D eigenvalue weighted by Crippen LogP contribution is 2.24. The molecule has 20 heavy (non-hydrogen) atoms. The topological polar surface area (TPSA) is 53.4 Å². The van der Waals surface area contributed by atoms with Crippen LogP contribution in [0.3, 0.4) is 0 Å². The molecule has 0 aliphatic carbocycles. The van der Waals surface area contributed by atoms with E-state index >= 15 is 0 Å². The quantitative estimate of drug-likeness (QED) is 0.941. The molecule has 0 unspecified atom stereocenters. The number of nitrogens with zero attached hydrogens (tertiary/aromatic N) is 2. The van der Waals surface area contributed by atoms with Gasteiger partial charge in [-0.15, -0.1) is 0 Å². The maximum atomic E-state index is 13.1. The second-order valence-corrected chi connectivity index (χ2v) is 4.73. The fraction of sp³-hybridized carbons (Fsp3) is 0.143. The SMILES string of the molecule is CN(Cc1cccc(F)c1)c1ncc(C(=O)O)cc1Cl. The average molecular weight is 295 g/mol. The zero-order valence-electron chi connectivity index (χ0n) is 10.7. The third-order valence-electron chi connectivity index (χ3n) is 2.74. The summed E-state index contributed by atoms with van der Waals surface area (Å²) in [4.78, 5) is 16.6.